The lowest BCUT2D eigenvalue weighted by Crippen LogP contribution is -2.33. The van der Waals surface area contributed by atoms with E-state index in [1.165, 1.54) is 17.7 Å². The zero-order valence-corrected chi connectivity index (χ0v) is 17.2. The molecule has 1 amide bonds. The number of hydrogen-bond donors (Lipinski definition) is 2. The van der Waals surface area contributed by atoms with Crippen molar-refractivity contribution in [1.82, 2.24) is 15.3 Å². The van der Waals surface area contributed by atoms with E-state index in [1.54, 1.807) is 0 Å². The number of rotatable bonds is 5. The van der Waals surface area contributed by atoms with Gasteiger partial charge in [0.2, 0.25) is 0 Å². The third kappa shape index (κ3) is 3.52. The van der Waals surface area contributed by atoms with E-state index >= 15 is 0 Å². The monoisotopic (exact) mass is 398 g/mol. The van der Waals surface area contributed by atoms with Crippen molar-refractivity contribution in [3.05, 3.63) is 71.5 Å². The van der Waals surface area contributed by atoms with Crippen LogP contribution in [0, 0.1) is 6.92 Å². The Labute approximate surface area is 176 Å². The summed E-state index contributed by atoms with van der Waals surface area (Å²) in [7, 11) is 0. The van der Waals surface area contributed by atoms with Crippen LogP contribution in [0.5, 0.6) is 0 Å². The molecular weight excluding hydrogens is 372 g/mol. The van der Waals surface area contributed by atoms with E-state index in [-0.39, 0.29) is 5.91 Å². The van der Waals surface area contributed by atoms with Gasteiger partial charge in [0.15, 0.2) is 0 Å². The Morgan fingerprint density at radius 1 is 1.13 bits per heavy atom. The van der Waals surface area contributed by atoms with Crippen molar-refractivity contribution < 1.29 is 4.79 Å². The Hall–Kier alpha value is -3.34. The zero-order chi connectivity index (χ0) is 20.5. The van der Waals surface area contributed by atoms with E-state index in [9.17, 15) is 4.79 Å². The van der Waals surface area contributed by atoms with Crippen LogP contribution in [0.2, 0.25) is 0 Å². The van der Waals surface area contributed by atoms with Gasteiger partial charge in [0.05, 0.1) is 11.0 Å². The molecular formula is C25H26N4O. The molecule has 5 rings (SSSR count). The summed E-state index contributed by atoms with van der Waals surface area (Å²) in [6, 6.07) is 18.7. The number of carbonyl (C=O) groups excluding carboxylic acids is 1. The van der Waals surface area contributed by atoms with Gasteiger partial charge >= 0.3 is 0 Å². The number of benzene rings is 2. The lowest BCUT2D eigenvalue weighted by atomic mass is 10.0. The highest BCUT2D eigenvalue weighted by molar-refractivity contribution is 6.07. The normalized spacial score (nSPS) is 13.6. The Morgan fingerprint density at radius 3 is 2.90 bits per heavy atom. The van der Waals surface area contributed by atoms with E-state index in [0.29, 0.717) is 12.2 Å². The van der Waals surface area contributed by atoms with Gasteiger partial charge in [-0.25, -0.2) is 4.98 Å². The van der Waals surface area contributed by atoms with Gasteiger partial charge in [-0.2, -0.15) is 0 Å². The number of nitrogens with one attached hydrogen (secondary N) is 2. The Bertz CT molecular complexity index is 1230. The first kappa shape index (κ1) is 18.7. The van der Waals surface area contributed by atoms with Crippen molar-refractivity contribution >= 4 is 33.4 Å². The van der Waals surface area contributed by atoms with E-state index < -0.39 is 0 Å². The summed E-state index contributed by atoms with van der Waals surface area (Å²) in [4.78, 5) is 23.1. The number of para-hydroxylation sites is 1. The third-order valence-corrected chi connectivity index (χ3v) is 5.93. The van der Waals surface area contributed by atoms with Gasteiger partial charge in [-0.1, -0.05) is 36.4 Å². The molecule has 0 radical (unpaired) electrons. The Balaban J connectivity index is 1.24. The highest BCUT2D eigenvalue weighted by atomic mass is 16.1. The van der Waals surface area contributed by atoms with Crippen molar-refractivity contribution in [1.29, 1.82) is 0 Å². The highest BCUT2D eigenvalue weighted by Crippen LogP contribution is 2.27. The number of nitrogens with zero attached hydrogens (tertiary/aromatic N) is 2. The van der Waals surface area contributed by atoms with E-state index in [4.69, 9.17) is 0 Å². The molecule has 3 heterocycles. The molecule has 5 heteroatoms. The number of fused-ring (bicyclic) bond motifs is 4. The van der Waals surface area contributed by atoms with Crippen LogP contribution in [0.1, 0.15) is 34.6 Å². The summed E-state index contributed by atoms with van der Waals surface area (Å²) in [5, 5.41) is 5.13. The molecule has 30 heavy (non-hydrogen) atoms. The number of aromatic nitrogens is 2. The van der Waals surface area contributed by atoms with Gasteiger partial charge in [-0.15, -0.1) is 0 Å². The molecule has 5 nitrogen and oxygen atoms in total. The third-order valence-electron chi connectivity index (χ3n) is 5.93. The number of amides is 1. The minimum Gasteiger partial charge on any atom is -0.371 e. The number of aromatic amines is 1. The molecule has 1 aliphatic heterocycles. The summed E-state index contributed by atoms with van der Waals surface area (Å²) in [6.45, 7) is 4.71. The number of carbonyl (C=O) groups is 1. The molecule has 2 aromatic carbocycles. The summed E-state index contributed by atoms with van der Waals surface area (Å²) in [6.07, 6.45) is 3.26. The van der Waals surface area contributed by atoms with Crippen LogP contribution in [0.3, 0.4) is 0 Å². The predicted octanol–water partition coefficient (Wildman–Crippen LogP) is 4.60. The van der Waals surface area contributed by atoms with Crippen molar-refractivity contribution in [2.75, 3.05) is 24.5 Å². The average Bonchev–Trinajstić information content (AvgIpc) is 3.22. The van der Waals surface area contributed by atoms with Crippen LogP contribution < -0.4 is 10.2 Å². The minimum absolute atomic E-state index is 0.106. The number of aryl methyl sites for hydroxylation is 2. The summed E-state index contributed by atoms with van der Waals surface area (Å²) < 4.78 is 0. The Morgan fingerprint density at radius 2 is 1.97 bits per heavy atom. The van der Waals surface area contributed by atoms with Gasteiger partial charge in [0.25, 0.3) is 5.91 Å². The molecule has 0 unspecified atom stereocenters. The van der Waals surface area contributed by atoms with E-state index in [1.807, 2.05) is 25.1 Å². The van der Waals surface area contributed by atoms with Crippen molar-refractivity contribution in [3.63, 3.8) is 0 Å². The fourth-order valence-electron chi connectivity index (χ4n) is 4.41. The largest absolute Gasteiger partial charge is 0.371 e. The van der Waals surface area contributed by atoms with Gasteiger partial charge < -0.3 is 15.2 Å². The highest BCUT2D eigenvalue weighted by Gasteiger charge is 2.16. The van der Waals surface area contributed by atoms with Crippen molar-refractivity contribution in [3.8, 4) is 0 Å². The minimum atomic E-state index is -0.106. The van der Waals surface area contributed by atoms with Crippen molar-refractivity contribution in [2.24, 2.45) is 0 Å². The second kappa shape index (κ2) is 7.82. The van der Waals surface area contributed by atoms with Crippen LogP contribution in [0.15, 0.2) is 54.6 Å². The second-order valence-corrected chi connectivity index (χ2v) is 8.08. The second-order valence-electron chi connectivity index (χ2n) is 8.08. The number of pyridine rings is 1. The summed E-state index contributed by atoms with van der Waals surface area (Å²) in [5.41, 5.74) is 6.16. The van der Waals surface area contributed by atoms with Gasteiger partial charge in [0, 0.05) is 41.8 Å². The molecule has 0 spiro atoms. The summed E-state index contributed by atoms with van der Waals surface area (Å²) >= 11 is 0. The SMILES string of the molecule is Cc1ccc2ccc3cc(C(=O)NCCCN4CCCc5ccccc54)nc3c2[nH]1. The fourth-order valence-corrected chi connectivity index (χ4v) is 4.41. The summed E-state index contributed by atoms with van der Waals surface area (Å²) in [5.74, 6) is -0.106. The molecule has 0 saturated heterocycles. The topological polar surface area (TPSA) is 61.0 Å². The molecule has 2 N–H and O–H groups in total. The van der Waals surface area contributed by atoms with E-state index in [0.717, 1.165) is 53.4 Å². The van der Waals surface area contributed by atoms with Gasteiger partial charge in [-0.05, 0) is 49.9 Å². The van der Waals surface area contributed by atoms with Crippen LogP contribution in [0.25, 0.3) is 21.8 Å². The molecule has 1 aliphatic rings. The Kier molecular flexibility index (Phi) is 4.87. The molecule has 2 aromatic heterocycles. The maximum atomic E-state index is 12.7. The van der Waals surface area contributed by atoms with Crippen molar-refractivity contribution in [2.45, 2.75) is 26.2 Å². The molecule has 0 saturated carbocycles. The molecule has 0 atom stereocenters. The van der Waals surface area contributed by atoms with Crippen LogP contribution >= 0.6 is 0 Å². The quantitative estimate of drug-likeness (QED) is 0.483. The van der Waals surface area contributed by atoms with Crippen LogP contribution in [-0.4, -0.2) is 35.5 Å². The fraction of sp³-hybridized carbons (Fsp3) is 0.280. The standard InChI is InChI=1S/C25H26N4O/c1-17-9-10-19-11-12-20-16-21(28-24(20)23(19)27-17)25(30)26-13-5-15-29-14-4-7-18-6-2-3-8-22(18)29/h2-3,6,8-12,16,27H,4-5,7,13-15H2,1H3,(H,26,30). The first-order valence-electron chi connectivity index (χ1n) is 10.7. The van der Waals surface area contributed by atoms with Gasteiger partial charge in [-0.3, -0.25) is 4.79 Å². The lowest BCUT2D eigenvalue weighted by Gasteiger charge is -2.31. The number of hydrogen-bond acceptors (Lipinski definition) is 3. The van der Waals surface area contributed by atoms with Crippen LogP contribution in [0.4, 0.5) is 5.69 Å². The molecule has 4 aromatic rings. The maximum absolute atomic E-state index is 12.7. The number of anilines is 1. The smallest absolute Gasteiger partial charge is 0.269 e. The molecule has 0 aliphatic carbocycles. The van der Waals surface area contributed by atoms with E-state index in [2.05, 4.69) is 56.6 Å². The first-order chi connectivity index (χ1) is 14.7. The average molecular weight is 399 g/mol. The molecule has 152 valence electrons. The molecule has 0 bridgehead atoms. The molecule has 0 fully saturated rings. The van der Waals surface area contributed by atoms with Gasteiger partial charge in [0.1, 0.15) is 5.69 Å². The maximum Gasteiger partial charge on any atom is 0.269 e. The predicted molar refractivity (Wildman–Crippen MR) is 122 cm³/mol. The lowest BCUT2D eigenvalue weighted by molar-refractivity contribution is 0.0949. The first-order valence-corrected chi connectivity index (χ1v) is 10.7. The van der Waals surface area contributed by atoms with Crippen LogP contribution in [-0.2, 0) is 6.42 Å². The zero-order valence-electron chi connectivity index (χ0n) is 17.2. The number of H-pyrrole nitrogens is 1.